The summed E-state index contributed by atoms with van der Waals surface area (Å²) >= 11 is 3.37. The molecule has 15 heavy (non-hydrogen) atoms. The minimum atomic E-state index is -0.0621. The summed E-state index contributed by atoms with van der Waals surface area (Å²) in [5.41, 5.74) is 1.09. The number of benzene rings is 1. The first-order chi connectivity index (χ1) is 7.13. The van der Waals surface area contributed by atoms with Crippen LogP contribution in [-0.4, -0.2) is 5.91 Å². The van der Waals surface area contributed by atoms with Crippen LogP contribution >= 0.6 is 15.9 Å². The first-order valence-electron chi connectivity index (χ1n) is 4.82. The molecular weight excluding hydrogens is 254 g/mol. The molecule has 0 heterocycles. The molecule has 0 aromatic heterocycles. The first kappa shape index (κ1) is 12.0. The van der Waals surface area contributed by atoms with Gasteiger partial charge in [0.05, 0.1) is 6.04 Å². The lowest BCUT2D eigenvalue weighted by atomic mass is 10.1. The molecular formula is C12H14BrNO. The summed E-state index contributed by atoms with van der Waals surface area (Å²) in [7, 11) is 0. The maximum absolute atomic E-state index is 11.3. The Balaban J connectivity index is 2.64. The highest BCUT2D eigenvalue weighted by atomic mass is 79.9. The van der Waals surface area contributed by atoms with Gasteiger partial charge >= 0.3 is 0 Å². The standard InChI is InChI=1S/C12H14BrNO/c1-3-4-12(15)14-9(2)10-5-7-11(13)8-6-10/h3-9H,1-2H3,(H,14,15)/b4-3+/t9-/m1/s1. The van der Waals surface area contributed by atoms with Crippen molar-refractivity contribution in [2.24, 2.45) is 0 Å². The number of halogens is 1. The molecule has 0 unspecified atom stereocenters. The van der Waals surface area contributed by atoms with Crippen molar-refractivity contribution in [3.63, 3.8) is 0 Å². The molecule has 0 saturated carbocycles. The third-order valence-corrected chi connectivity index (χ3v) is 2.58. The van der Waals surface area contributed by atoms with E-state index in [0.29, 0.717) is 0 Å². The number of carbonyl (C=O) groups excluding carboxylic acids is 1. The van der Waals surface area contributed by atoms with E-state index >= 15 is 0 Å². The van der Waals surface area contributed by atoms with E-state index in [0.717, 1.165) is 10.0 Å². The average Bonchev–Trinajstić information content (AvgIpc) is 2.18. The van der Waals surface area contributed by atoms with Crippen molar-refractivity contribution in [3.05, 3.63) is 46.5 Å². The van der Waals surface area contributed by atoms with Gasteiger partial charge in [0.25, 0.3) is 0 Å². The van der Waals surface area contributed by atoms with Crippen LogP contribution in [0.1, 0.15) is 25.5 Å². The highest BCUT2D eigenvalue weighted by Gasteiger charge is 2.06. The third kappa shape index (κ3) is 3.88. The second-order valence-corrected chi connectivity index (χ2v) is 4.20. The predicted octanol–water partition coefficient (Wildman–Crippen LogP) is 3.20. The van der Waals surface area contributed by atoms with Crippen LogP contribution < -0.4 is 5.32 Å². The van der Waals surface area contributed by atoms with Crippen molar-refractivity contribution in [2.75, 3.05) is 0 Å². The Labute approximate surface area is 98.5 Å². The number of allylic oxidation sites excluding steroid dienone is 1. The fourth-order valence-electron chi connectivity index (χ4n) is 1.25. The van der Waals surface area contributed by atoms with Crippen LogP contribution in [0.3, 0.4) is 0 Å². The topological polar surface area (TPSA) is 29.1 Å². The minimum Gasteiger partial charge on any atom is -0.346 e. The summed E-state index contributed by atoms with van der Waals surface area (Å²) in [5, 5.41) is 2.88. The molecule has 2 nitrogen and oxygen atoms in total. The Morgan fingerprint density at radius 3 is 2.53 bits per heavy atom. The molecule has 3 heteroatoms. The second kappa shape index (κ2) is 5.71. The molecule has 1 rings (SSSR count). The van der Waals surface area contributed by atoms with Crippen LogP contribution in [-0.2, 0) is 4.79 Å². The molecule has 0 aliphatic carbocycles. The van der Waals surface area contributed by atoms with Crippen LogP contribution in [0.4, 0.5) is 0 Å². The minimum absolute atomic E-state index is 0.0294. The Kier molecular flexibility index (Phi) is 4.56. The van der Waals surface area contributed by atoms with Gasteiger partial charge in [-0.1, -0.05) is 34.1 Å². The van der Waals surface area contributed by atoms with Gasteiger partial charge in [-0.15, -0.1) is 0 Å². The van der Waals surface area contributed by atoms with Gasteiger partial charge in [-0.2, -0.15) is 0 Å². The van der Waals surface area contributed by atoms with Gasteiger partial charge in [0.1, 0.15) is 0 Å². The molecule has 0 saturated heterocycles. The van der Waals surface area contributed by atoms with E-state index in [1.54, 1.807) is 6.08 Å². The van der Waals surface area contributed by atoms with Crippen LogP contribution in [0, 0.1) is 0 Å². The van der Waals surface area contributed by atoms with Crippen LogP contribution in [0.2, 0.25) is 0 Å². The number of amides is 1. The molecule has 1 N–H and O–H groups in total. The summed E-state index contributed by atoms with van der Waals surface area (Å²) in [6, 6.07) is 7.94. The Hall–Kier alpha value is -1.09. The van der Waals surface area contributed by atoms with Gasteiger partial charge in [-0.25, -0.2) is 0 Å². The van der Waals surface area contributed by atoms with Crippen LogP contribution in [0.15, 0.2) is 40.9 Å². The van der Waals surface area contributed by atoms with Crippen LogP contribution in [0.25, 0.3) is 0 Å². The van der Waals surface area contributed by atoms with Gasteiger partial charge in [0.2, 0.25) is 5.91 Å². The summed E-state index contributed by atoms with van der Waals surface area (Å²) < 4.78 is 1.04. The van der Waals surface area contributed by atoms with Crippen molar-refractivity contribution in [2.45, 2.75) is 19.9 Å². The fourth-order valence-corrected chi connectivity index (χ4v) is 1.51. The molecule has 80 valence electrons. The number of carbonyl (C=O) groups is 1. The summed E-state index contributed by atoms with van der Waals surface area (Å²) in [6.45, 7) is 3.79. The predicted molar refractivity (Wildman–Crippen MR) is 65.5 cm³/mol. The monoisotopic (exact) mass is 267 g/mol. The smallest absolute Gasteiger partial charge is 0.244 e. The van der Waals surface area contributed by atoms with Gasteiger partial charge < -0.3 is 5.32 Å². The summed E-state index contributed by atoms with van der Waals surface area (Å²) in [6.07, 6.45) is 3.25. The van der Waals surface area contributed by atoms with Crippen LogP contribution in [0.5, 0.6) is 0 Å². The number of hydrogen-bond donors (Lipinski definition) is 1. The van der Waals surface area contributed by atoms with E-state index in [2.05, 4.69) is 21.2 Å². The Morgan fingerprint density at radius 1 is 1.40 bits per heavy atom. The lowest BCUT2D eigenvalue weighted by molar-refractivity contribution is -0.117. The zero-order chi connectivity index (χ0) is 11.3. The molecule has 0 spiro atoms. The zero-order valence-electron chi connectivity index (χ0n) is 8.83. The molecule has 0 radical (unpaired) electrons. The molecule has 1 aromatic rings. The molecule has 1 aromatic carbocycles. The molecule has 0 bridgehead atoms. The SMILES string of the molecule is C/C=C/C(=O)N[C@H](C)c1ccc(Br)cc1. The quantitative estimate of drug-likeness (QED) is 0.838. The first-order valence-corrected chi connectivity index (χ1v) is 5.61. The van der Waals surface area contributed by atoms with Crippen molar-refractivity contribution < 1.29 is 4.79 Å². The van der Waals surface area contributed by atoms with Gasteiger partial charge in [-0.05, 0) is 37.6 Å². The number of rotatable bonds is 3. The largest absolute Gasteiger partial charge is 0.346 e. The van der Waals surface area contributed by atoms with E-state index in [9.17, 15) is 4.79 Å². The Bertz CT molecular complexity index is 356. The maximum atomic E-state index is 11.3. The normalized spacial score (nSPS) is 12.7. The highest BCUT2D eigenvalue weighted by Crippen LogP contribution is 2.16. The highest BCUT2D eigenvalue weighted by molar-refractivity contribution is 9.10. The maximum Gasteiger partial charge on any atom is 0.244 e. The van der Waals surface area contributed by atoms with Gasteiger partial charge in [-0.3, -0.25) is 4.79 Å². The van der Waals surface area contributed by atoms with E-state index in [4.69, 9.17) is 0 Å². The molecule has 0 aliphatic rings. The van der Waals surface area contributed by atoms with E-state index in [1.807, 2.05) is 38.1 Å². The lowest BCUT2D eigenvalue weighted by Gasteiger charge is -2.12. The Morgan fingerprint density at radius 2 is 2.00 bits per heavy atom. The van der Waals surface area contributed by atoms with E-state index in [1.165, 1.54) is 6.08 Å². The molecule has 1 amide bonds. The van der Waals surface area contributed by atoms with Crippen molar-refractivity contribution in [3.8, 4) is 0 Å². The van der Waals surface area contributed by atoms with E-state index in [-0.39, 0.29) is 11.9 Å². The molecule has 1 atom stereocenters. The van der Waals surface area contributed by atoms with Gasteiger partial charge in [0, 0.05) is 4.47 Å². The summed E-state index contributed by atoms with van der Waals surface area (Å²) in [5.74, 6) is -0.0621. The fraction of sp³-hybridized carbons (Fsp3) is 0.250. The number of hydrogen-bond acceptors (Lipinski definition) is 1. The molecule has 0 aliphatic heterocycles. The number of nitrogens with one attached hydrogen (secondary N) is 1. The molecule has 0 fully saturated rings. The van der Waals surface area contributed by atoms with Crippen molar-refractivity contribution >= 4 is 21.8 Å². The third-order valence-electron chi connectivity index (χ3n) is 2.05. The zero-order valence-corrected chi connectivity index (χ0v) is 10.4. The van der Waals surface area contributed by atoms with E-state index < -0.39 is 0 Å². The lowest BCUT2D eigenvalue weighted by Crippen LogP contribution is -2.24. The van der Waals surface area contributed by atoms with Crippen molar-refractivity contribution in [1.29, 1.82) is 0 Å². The van der Waals surface area contributed by atoms with Gasteiger partial charge in [0.15, 0.2) is 0 Å². The van der Waals surface area contributed by atoms with Crippen molar-refractivity contribution in [1.82, 2.24) is 5.32 Å². The second-order valence-electron chi connectivity index (χ2n) is 3.28. The average molecular weight is 268 g/mol. The summed E-state index contributed by atoms with van der Waals surface area (Å²) in [4.78, 5) is 11.3.